The zero-order valence-corrected chi connectivity index (χ0v) is 13.7. The van der Waals surface area contributed by atoms with Gasteiger partial charge < -0.3 is 15.4 Å². The fraction of sp³-hybridized carbons (Fsp3) is 0.938. The van der Waals surface area contributed by atoms with E-state index in [0.29, 0.717) is 0 Å². The lowest BCUT2D eigenvalue weighted by molar-refractivity contribution is 0.123. The fourth-order valence-electron chi connectivity index (χ4n) is 2.49. The Morgan fingerprint density at radius 2 is 1.95 bits per heavy atom. The lowest BCUT2D eigenvalue weighted by Gasteiger charge is -2.20. The van der Waals surface area contributed by atoms with Crippen LogP contribution >= 0.6 is 0 Å². The third-order valence-electron chi connectivity index (χ3n) is 4.19. The van der Waals surface area contributed by atoms with Crippen molar-refractivity contribution in [1.29, 1.82) is 0 Å². The number of guanidine groups is 1. The van der Waals surface area contributed by atoms with Crippen LogP contribution in [0, 0.1) is 5.92 Å². The van der Waals surface area contributed by atoms with Gasteiger partial charge in [-0.05, 0) is 44.6 Å². The van der Waals surface area contributed by atoms with Crippen molar-refractivity contribution < 1.29 is 4.74 Å². The van der Waals surface area contributed by atoms with E-state index >= 15 is 0 Å². The van der Waals surface area contributed by atoms with Gasteiger partial charge in [0.1, 0.15) is 0 Å². The zero-order chi connectivity index (χ0) is 14.9. The highest BCUT2D eigenvalue weighted by Crippen LogP contribution is 2.28. The van der Waals surface area contributed by atoms with Crippen LogP contribution in [0.1, 0.15) is 39.0 Å². The van der Waals surface area contributed by atoms with Gasteiger partial charge in [0.15, 0.2) is 5.96 Å². The van der Waals surface area contributed by atoms with Crippen molar-refractivity contribution in [3.05, 3.63) is 0 Å². The largest absolute Gasteiger partial charge is 0.381 e. The Balaban J connectivity index is 1.45. The molecule has 0 bridgehead atoms. The van der Waals surface area contributed by atoms with Crippen molar-refractivity contribution in [3.63, 3.8) is 0 Å². The molecule has 0 aliphatic heterocycles. The van der Waals surface area contributed by atoms with E-state index in [-0.39, 0.29) is 0 Å². The molecule has 0 aromatic heterocycles. The van der Waals surface area contributed by atoms with Crippen LogP contribution in [0.25, 0.3) is 0 Å². The van der Waals surface area contributed by atoms with Gasteiger partial charge in [0.25, 0.3) is 0 Å². The zero-order valence-electron chi connectivity index (χ0n) is 13.7. The summed E-state index contributed by atoms with van der Waals surface area (Å²) in [6, 6.07) is 0.843. The molecule has 0 amide bonds. The summed E-state index contributed by atoms with van der Waals surface area (Å²) in [6.45, 7) is 8.19. The van der Waals surface area contributed by atoms with Crippen molar-refractivity contribution in [2.24, 2.45) is 10.9 Å². The van der Waals surface area contributed by atoms with Gasteiger partial charge >= 0.3 is 0 Å². The van der Waals surface area contributed by atoms with E-state index in [9.17, 15) is 0 Å². The average molecular weight is 296 g/mol. The summed E-state index contributed by atoms with van der Waals surface area (Å²) in [5.74, 6) is 1.77. The molecule has 5 nitrogen and oxygen atoms in total. The maximum Gasteiger partial charge on any atom is 0.191 e. The van der Waals surface area contributed by atoms with E-state index < -0.39 is 0 Å². The van der Waals surface area contributed by atoms with E-state index in [1.54, 1.807) is 0 Å². The Morgan fingerprint density at radius 3 is 2.57 bits per heavy atom. The van der Waals surface area contributed by atoms with Gasteiger partial charge in [-0.25, -0.2) is 0 Å². The van der Waals surface area contributed by atoms with E-state index in [0.717, 1.165) is 63.7 Å². The Labute approximate surface area is 129 Å². The first-order valence-corrected chi connectivity index (χ1v) is 8.59. The summed E-state index contributed by atoms with van der Waals surface area (Å²) in [5, 5.41) is 6.74. The number of hydrogen-bond donors (Lipinski definition) is 2. The lowest BCUT2D eigenvalue weighted by Crippen LogP contribution is -2.42. The topological polar surface area (TPSA) is 48.9 Å². The van der Waals surface area contributed by atoms with Gasteiger partial charge in [0.2, 0.25) is 0 Å². The Morgan fingerprint density at radius 1 is 1.19 bits per heavy atom. The molecule has 2 saturated carbocycles. The second-order valence-electron chi connectivity index (χ2n) is 6.16. The highest BCUT2D eigenvalue weighted by atomic mass is 16.5. The van der Waals surface area contributed by atoms with Crippen LogP contribution in [0.5, 0.6) is 0 Å². The molecule has 0 radical (unpaired) electrons. The molecule has 0 aromatic rings. The molecule has 2 aliphatic carbocycles. The van der Waals surface area contributed by atoms with Crippen molar-refractivity contribution in [2.75, 3.05) is 46.4 Å². The maximum absolute atomic E-state index is 5.63. The summed E-state index contributed by atoms with van der Waals surface area (Å²) in [5.41, 5.74) is 0. The number of likely N-dealkylation sites (N-methyl/N-ethyl adjacent to an activating group) is 1. The monoisotopic (exact) mass is 296 g/mol. The molecular weight excluding hydrogens is 264 g/mol. The van der Waals surface area contributed by atoms with Crippen LogP contribution in [0.3, 0.4) is 0 Å². The van der Waals surface area contributed by atoms with E-state index in [4.69, 9.17) is 4.74 Å². The molecule has 2 N–H and O–H groups in total. The van der Waals surface area contributed by atoms with Crippen molar-refractivity contribution in [3.8, 4) is 0 Å². The summed E-state index contributed by atoms with van der Waals surface area (Å²) < 4.78 is 5.63. The van der Waals surface area contributed by atoms with Gasteiger partial charge in [-0.1, -0.05) is 6.92 Å². The van der Waals surface area contributed by atoms with E-state index in [2.05, 4.69) is 27.4 Å². The normalized spacial score (nSPS) is 19.1. The molecule has 0 aromatic carbocycles. The second-order valence-corrected chi connectivity index (χ2v) is 6.16. The van der Waals surface area contributed by atoms with Gasteiger partial charge in [0.05, 0.1) is 0 Å². The van der Waals surface area contributed by atoms with Gasteiger partial charge in [0, 0.05) is 45.9 Å². The standard InChI is InChI=1S/C16H32N4O/c1-3-20(15-7-8-15)11-10-19-16(17-2)18-9-4-12-21-13-14-5-6-14/h14-15H,3-13H2,1-2H3,(H2,17,18,19). The minimum Gasteiger partial charge on any atom is -0.381 e. The van der Waals surface area contributed by atoms with Crippen LogP contribution in [0.4, 0.5) is 0 Å². The third kappa shape index (κ3) is 7.14. The van der Waals surface area contributed by atoms with Crippen LogP contribution in [0.2, 0.25) is 0 Å². The predicted molar refractivity (Wildman–Crippen MR) is 87.8 cm³/mol. The average Bonchev–Trinajstić information content (AvgIpc) is 3.38. The molecule has 0 atom stereocenters. The SMILES string of the molecule is CCN(CCNC(=NC)NCCCOCC1CC1)C1CC1. The maximum atomic E-state index is 5.63. The van der Waals surface area contributed by atoms with Gasteiger partial charge in [-0.15, -0.1) is 0 Å². The number of hydrogen-bond acceptors (Lipinski definition) is 3. The summed E-state index contributed by atoms with van der Waals surface area (Å²) in [7, 11) is 1.83. The minimum absolute atomic E-state index is 0.843. The fourth-order valence-corrected chi connectivity index (χ4v) is 2.49. The Hall–Kier alpha value is -0.810. The first-order chi connectivity index (χ1) is 10.3. The molecule has 5 heteroatoms. The van der Waals surface area contributed by atoms with Crippen LogP contribution in [-0.2, 0) is 4.74 Å². The number of aliphatic imine (C=N–C) groups is 1. The number of ether oxygens (including phenoxy) is 1. The number of nitrogens with zero attached hydrogens (tertiary/aromatic N) is 2. The van der Waals surface area contributed by atoms with Gasteiger partial charge in [-0.3, -0.25) is 9.89 Å². The molecule has 0 spiro atoms. The highest BCUT2D eigenvalue weighted by Gasteiger charge is 2.27. The van der Waals surface area contributed by atoms with E-state index in [1.165, 1.54) is 25.7 Å². The minimum atomic E-state index is 0.843. The van der Waals surface area contributed by atoms with Crippen molar-refractivity contribution in [2.45, 2.75) is 45.1 Å². The molecule has 2 rings (SSSR count). The van der Waals surface area contributed by atoms with Crippen molar-refractivity contribution in [1.82, 2.24) is 15.5 Å². The molecular formula is C16H32N4O. The van der Waals surface area contributed by atoms with Crippen LogP contribution in [-0.4, -0.2) is 63.3 Å². The lowest BCUT2D eigenvalue weighted by atomic mass is 10.4. The van der Waals surface area contributed by atoms with E-state index in [1.807, 2.05) is 7.05 Å². The second kappa shape index (κ2) is 9.26. The highest BCUT2D eigenvalue weighted by molar-refractivity contribution is 5.79. The molecule has 122 valence electrons. The molecule has 0 heterocycles. The first kappa shape index (κ1) is 16.6. The Bertz CT molecular complexity index is 313. The number of rotatable bonds is 11. The molecule has 2 aliphatic rings. The number of nitrogens with one attached hydrogen (secondary N) is 2. The molecule has 0 saturated heterocycles. The molecule has 21 heavy (non-hydrogen) atoms. The Kier molecular flexibility index (Phi) is 7.30. The van der Waals surface area contributed by atoms with Crippen LogP contribution in [0.15, 0.2) is 4.99 Å². The van der Waals surface area contributed by atoms with Gasteiger partial charge in [-0.2, -0.15) is 0 Å². The smallest absolute Gasteiger partial charge is 0.191 e. The molecule has 2 fully saturated rings. The predicted octanol–water partition coefficient (Wildman–Crippen LogP) is 1.45. The molecule has 0 unspecified atom stereocenters. The first-order valence-electron chi connectivity index (χ1n) is 8.59. The third-order valence-corrected chi connectivity index (χ3v) is 4.19. The summed E-state index contributed by atoms with van der Waals surface area (Å²) in [4.78, 5) is 6.81. The summed E-state index contributed by atoms with van der Waals surface area (Å²) in [6.07, 6.45) is 6.52. The van der Waals surface area contributed by atoms with Crippen molar-refractivity contribution >= 4 is 5.96 Å². The van der Waals surface area contributed by atoms with Crippen LogP contribution < -0.4 is 10.6 Å². The summed E-state index contributed by atoms with van der Waals surface area (Å²) >= 11 is 0. The quantitative estimate of drug-likeness (QED) is 0.344.